The van der Waals surface area contributed by atoms with Crippen LogP contribution in [0.2, 0.25) is 0 Å². The summed E-state index contributed by atoms with van der Waals surface area (Å²) >= 11 is 0. The second kappa shape index (κ2) is 10.9. The van der Waals surface area contributed by atoms with E-state index in [1.54, 1.807) is 14.2 Å². The van der Waals surface area contributed by atoms with Crippen LogP contribution in [0.4, 0.5) is 0 Å². The number of hydrogen-bond acceptors (Lipinski definition) is 5. The van der Waals surface area contributed by atoms with E-state index in [9.17, 15) is 0 Å². The molecule has 0 aliphatic carbocycles. The molecule has 2 aromatic heterocycles. The zero-order valence-corrected chi connectivity index (χ0v) is 20.4. The van der Waals surface area contributed by atoms with Crippen molar-refractivity contribution in [2.24, 2.45) is 12.0 Å². The molecule has 1 unspecified atom stereocenters. The van der Waals surface area contributed by atoms with Crippen LogP contribution >= 0.6 is 24.0 Å². The van der Waals surface area contributed by atoms with E-state index in [0.717, 1.165) is 62.1 Å². The highest BCUT2D eigenvalue weighted by Gasteiger charge is 2.22. The number of halogens is 1. The van der Waals surface area contributed by atoms with E-state index in [1.807, 2.05) is 16.4 Å². The normalized spacial score (nSPS) is 16.3. The number of aliphatic imine (C=N–C) groups is 1. The van der Waals surface area contributed by atoms with Crippen LogP contribution in [0.3, 0.4) is 0 Å². The van der Waals surface area contributed by atoms with Gasteiger partial charge in [0.2, 0.25) is 0 Å². The van der Waals surface area contributed by atoms with Gasteiger partial charge in [-0.2, -0.15) is 10.2 Å². The summed E-state index contributed by atoms with van der Waals surface area (Å²) in [4.78, 5) is 8.94. The molecule has 0 saturated carbocycles. The van der Waals surface area contributed by atoms with E-state index in [-0.39, 0.29) is 30.0 Å². The zero-order valence-electron chi connectivity index (χ0n) is 18.0. The fourth-order valence-electron chi connectivity index (χ4n) is 3.82. The third-order valence-electron chi connectivity index (χ3n) is 5.20. The number of aromatic nitrogens is 5. The Kier molecular flexibility index (Phi) is 8.87. The quantitative estimate of drug-likeness (QED) is 0.330. The van der Waals surface area contributed by atoms with E-state index in [0.29, 0.717) is 6.61 Å². The van der Waals surface area contributed by atoms with Crippen LogP contribution in [-0.4, -0.2) is 50.7 Å². The summed E-state index contributed by atoms with van der Waals surface area (Å²) in [5.74, 6) is 2.58. The maximum Gasteiger partial charge on any atom is 0.191 e. The molecule has 1 atom stereocenters. The third-order valence-corrected chi connectivity index (χ3v) is 5.20. The van der Waals surface area contributed by atoms with Gasteiger partial charge in [-0.15, -0.1) is 24.0 Å². The van der Waals surface area contributed by atoms with Gasteiger partial charge in [0.15, 0.2) is 11.8 Å². The maximum atomic E-state index is 5.14. The van der Waals surface area contributed by atoms with Gasteiger partial charge in [-0.1, -0.05) is 13.8 Å². The van der Waals surface area contributed by atoms with Gasteiger partial charge in [0, 0.05) is 51.5 Å². The summed E-state index contributed by atoms with van der Waals surface area (Å²) in [7, 11) is 5.49. The number of aryl methyl sites for hydroxylation is 3. The minimum Gasteiger partial charge on any atom is -0.377 e. The Morgan fingerprint density at radius 3 is 2.72 bits per heavy atom. The Bertz CT molecular complexity index is 829. The molecule has 162 valence electrons. The lowest BCUT2D eigenvalue weighted by atomic mass is 10.1. The van der Waals surface area contributed by atoms with Crippen LogP contribution in [0.25, 0.3) is 0 Å². The van der Waals surface area contributed by atoms with Crippen LogP contribution in [-0.2, 0) is 50.7 Å². The molecule has 2 aromatic rings. The molecule has 0 amide bonds. The lowest BCUT2D eigenvalue weighted by Gasteiger charge is -2.25. The highest BCUT2D eigenvalue weighted by Crippen LogP contribution is 2.16. The van der Waals surface area contributed by atoms with E-state index >= 15 is 0 Å². The average molecular weight is 516 g/mol. The molecule has 3 rings (SSSR count). The van der Waals surface area contributed by atoms with Gasteiger partial charge in [0.1, 0.15) is 12.4 Å². The van der Waals surface area contributed by atoms with Gasteiger partial charge in [-0.3, -0.25) is 9.67 Å². The van der Waals surface area contributed by atoms with Gasteiger partial charge >= 0.3 is 0 Å². The molecular weight excluding hydrogens is 483 g/mol. The average Bonchev–Trinajstić information content (AvgIpc) is 3.24. The SMILES string of the molecule is CCc1nn(C)c(CC)c1CNC(=NC)NC1CCc2nc(COC)nn2C1.I. The maximum absolute atomic E-state index is 5.14. The van der Waals surface area contributed by atoms with Gasteiger partial charge in [-0.05, 0) is 19.3 Å². The molecule has 10 heteroatoms. The molecule has 0 bridgehead atoms. The smallest absolute Gasteiger partial charge is 0.191 e. The first-order valence-corrected chi connectivity index (χ1v) is 10.0. The number of nitrogens with zero attached hydrogens (tertiary/aromatic N) is 6. The van der Waals surface area contributed by atoms with Crippen LogP contribution in [0.15, 0.2) is 4.99 Å². The number of guanidine groups is 1. The summed E-state index contributed by atoms with van der Waals surface area (Å²) < 4.78 is 9.12. The highest BCUT2D eigenvalue weighted by molar-refractivity contribution is 14.0. The number of fused-ring (bicyclic) bond motifs is 1. The zero-order chi connectivity index (χ0) is 20.1. The number of rotatable bonds is 7. The second-order valence-corrected chi connectivity index (χ2v) is 7.07. The van der Waals surface area contributed by atoms with Gasteiger partial charge in [-0.25, -0.2) is 9.67 Å². The van der Waals surface area contributed by atoms with Crippen LogP contribution in [0.1, 0.15) is 48.9 Å². The Labute approximate surface area is 189 Å². The van der Waals surface area contributed by atoms with Crippen molar-refractivity contribution >= 4 is 29.9 Å². The highest BCUT2D eigenvalue weighted by atomic mass is 127. The molecule has 0 aromatic carbocycles. The molecule has 2 N–H and O–H groups in total. The fourth-order valence-corrected chi connectivity index (χ4v) is 3.82. The Morgan fingerprint density at radius 2 is 2.07 bits per heavy atom. The third kappa shape index (κ3) is 5.47. The Hall–Kier alpha value is -1.69. The minimum atomic E-state index is 0. The summed E-state index contributed by atoms with van der Waals surface area (Å²) in [6, 6.07) is 0.265. The molecule has 0 radical (unpaired) electrons. The summed E-state index contributed by atoms with van der Waals surface area (Å²) in [6.07, 6.45) is 3.79. The van der Waals surface area contributed by atoms with Crippen LogP contribution in [0.5, 0.6) is 0 Å². The van der Waals surface area contributed by atoms with Crippen molar-refractivity contribution in [3.63, 3.8) is 0 Å². The van der Waals surface area contributed by atoms with E-state index in [1.165, 1.54) is 11.3 Å². The van der Waals surface area contributed by atoms with E-state index in [4.69, 9.17) is 4.74 Å². The first kappa shape index (κ1) is 23.6. The lowest BCUT2D eigenvalue weighted by Crippen LogP contribution is -2.46. The molecular formula is C19H33IN8O. The first-order chi connectivity index (χ1) is 13.6. The van der Waals surface area contributed by atoms with Gasteiger partial charge in [0.05, 0.1) is 12.2 Å². The lowest BCUT2D eigenvalue weighted by molar-refractivity contribution is 0.177. The molecule has 0 fully saturated rings. The Morgan fingerprint density at radius 1 is 1.28 bits per heavy atom. The number of nitrogens with one attached hydrogen (secondary N) is 2. The first-order valence-electron chi connectivity index (χ1n) is 10.0. The fraction of sp³-hybridized carbons (Fsp3) is 0.684. The number of methoxy groups -OCH3 is 1. The molecule has 0 spiro atoms. The number of hydrogen-bond donors (Lipinski definition) is 2. The standard InChI is InChI=1S/C19H32N8O.HI/c1-6-15-14(16(7-2)26(4)24-15)10-21-19(20-3)22-13-8-9-18-23-17(12-28-5)25-27(18)11-13;/h13H,6-12H2,1-5H3,(H2,20,21,22);1H. The topological polar surface area (TPSA) is 94.2 Å². The Balaban J connectivity index is 0.00000300. The summed E-state index contributed by atoms with van der Waals surface area (Å²) in [5, 5.41) is 16.2. The van der Waals surface area contributed by atoms with Crippen LogP contribution in [0, 0.1) is 0 Å². The summed E-state index contributed by atoms with van der Waals surface area (Å²) in [6.45, 7) is 6.27. The van der Waals surface area contributed by atoms with Crippen molar-refractivity contribution in [2.45, 2.75) is 65.3 Å². The van der Waals surface area contributed by atoms with Crippen molar-refractivity contribution in [1.29, 1.82) is 0 Å². The van der Waals surface area contributed by atoms with Crippen LogP contribution < -0.4 is 10.6 Å². The van der Waals surface area contributed by atoms with Crippen molar-refractivity contribution in [2.75, 3.05) is 14.2 Å². The molecule has 1 aliphatic heterocycles. The monoisotopic (exact) mass is 516 g/mol. The minimum absolute atomic E-state index is 0. The van der Waals surface area contributed by atoms with Crippen molar-refractivity contribution in [3.8, 4) is 0 Å². The van der Waals surface area contributed by atoms with Crippen molar-refractivity contribution in [3.05, 3.63) is 28.6 Å². The van der Waals surface area contributed by atoms with E-state index in [2.05, 4.69) is 44.7 Å². The largest absolute Gasteiger partial charge is 0.377 e. The van der Waals surface area contributed by atoms with Gasteiger partial charge < -0.3 is 15.4 Å². The molecule has 9 nitrogen and oxygen atoms in total. The van der Waals surface area contributed by atoms with Crippen molar-refractivity contribution in [1.82, 2.24) is 35.2 Å². The van der Waals surface area contributed by atoms with Gasteiger partial charge in [0.25, 0.3) is 0 Å². The second-order valence-electron chi connectivity index (χ2n) is 7.07. The predicted octanol–water partition coefficient (Wildman–Crippen LogP) is 1.58. The molecule has 3 heterocycles. The van der Waals surface area contributed by atoms with Crippen molar-refractivity contribution < 1.29 is 4.74 Å². The molecule has 1 aliphatic rings. The molecule has 29 heavy (non-hydrogen) atoms. The summed E-state index contributed by atoms with van der Waals surface area (Å²) in [5.41, 5.74) is 3.70. The number of ether oxygens (including phenoxy) is 1. The molecule has 0 saturated heterocycles. The van der Waals surface area contributed by atoms with E-state index < -0.39 is 0 Å². The predicted molar refractivity (Wildman–Crippen MR) is 124 cm³/mol.